The van der Waals surface area contributed by atoms with Crippen molar-refractivity contribution in [3.63, 3.8) is 0 Å². The summed E-state index contributed by atoms with van der Waals surface area (Å²) in [5, 5.41) is 19.2. The second-order valence-corrected chi connectivity index (χ2v) is 4.29. The van der Waals surface area contributed by atoms with Crippen LogP contribution < -0.4 is 0 Å². The first-order valence-electron chi connectivity index (χ1n) is 4.70. The minimum Gasteiger partial charge on any atom is -0.478 e. The number of hydrogen-bond acceptors (Lipinski definition) is 2. The van der Waals surface area contributed by atoms with Gasteiger partial charge >= 0.3 is 11.9 Å². The van der Waals surface area contributed by atoms with Gasteiger partial charge in [0.2, 0.25) is 0 Å². The van der Waals surface area contributed by atoms with Gasteiger partial charge in [-0.25, -0.2) is 9.59 Å². The molecule has 0 spiro atoms. The molecule has 2 aromatic carbocycles. The maximum atomic E-state index is 11.2. The van der Waals surface area contributed by atoms with Crippen molar-refractivity contribution in [3.05, 3.63) is 45.9 Å². The van der Waals surface area contributed by atoms with Crippen LogP contribution in [0.25, 0.3) is 10.8 Å². The van der Waals surface area contributed by atoms with Crippen molar-refractivity contribution in [3.8, 4) is 0 Å². The molecule has 86 valence electrons. The second-order valence-electron chi connectivity index (χ2n) is 3.44. The molecule has 17 heavy (non-hydrogen) atoms. The monoisotopic (exact) mass is 294 g/mol. The van der Waals surface area contributed by atoms with Gasteiger partial charge in [-0.2, -0.15) is 0 Å². The maximum Gasteiger partial charge on any atom is 0.337 e. The average molecular weight is 295 g/mol. The Morgan fingerprint density at radius 1 is 1.00 bits per heavy atom. The Bertz CT molecular complexity index is 634. The normalized spacial score (nSPS) is 10.4. The lowest BCUT2D eigenvalue weighted by Gasteiger charge is -2.08. The molecular weight excluding hydrogens is 288 g/mol. The van der Waals surface area contributed by atoms with Crippen LogP contribution in [0.1, 0.15) is 20.7 Å². The summed E-state index contributed by atoms with van der Waals surface area (Å²) in [6.07, 6.45) is 0. The molecule has 0 radical (unpaired) electrons. The van der Waals surface area contributed by atoms with E-state index >= 15 is 0 Å². The minimum absolute atomic E-state index is 0.184. The molecule has 5 heteroatoms. The van der Waals surface area contributed by atoms with E-state index < -0.39 is 11.9 Å². The summed E-state index contributed by atoms with van der Waals surface area (Å²) < 4.78 is 0.565. The largest absolute Gasteiger partial charge is 0.478 e. The third-order valence-corrected chi connectivity index (χ3v) is 3.09. The van der Waals surface area contributed by atoms with Gasteiger partial charge in [-0.05, 0) is 16.8 Å². The number of hydrogen-bond donors (Lipinski definition) is 2. The van der Waals surface area contributed by atoms with Crippen LogP contribution in [-0.4, -0.2) is 22.2 Å². The predicted octanol–water partition coefficient (Wildman–Crippen LogP) is 3.00. The molecule has 0 atom stereocenters. The highest BCUT2D eigenvalue weighted by molar-refractivity contribution is 9.10. The van der Waals surface area contributed by atoms with Crippen molar-refractivity contribution < 1.29 is 19.8 Å². The zero-order chi connectivity index (χ0) is 12.6. The first-order valence-corrected chi connectivity index (χ1v) is 5.49. The quantitative estimate of drug-likeness (QED) is 0.893. The Morgan fingerprint density at radius 2 is 1.59 bits per heavy atom. The minimum atomic E-state index is -1.26. The molecule has 2 aromatic rings. The van der Waals surface area contributed by atoms with Crippen LogP contribution in [0, 0.1) is 0 Å². The van der Waals surface area contributed by atoms with E-state index in [0.29, 0.717) is 15.2 Å². The molecule has 2 rings (SSSR count). The fourth-order valence-corrected chi connectivity index (χ4v) is 2.30. The van der Waals surface area contributed by atoms with E-state index in [9.17, 15) is 9.59 Å². The van der Waals surface area contributed by atoms with Crippen molar-refractivity contribution >= 4 is 38.6 Å². The van der Waals surface area contributed by atoms with Gasteiger partial charge in [-0.1, -0.05) is 40.2 Å². The Kier molecular flexibility index (Phi) is 2.85. The van der Waals surface area contributed by atoms with E-state index in [1.54, 1.807) is 24.3 Å². The highest BCUT2D eigenvalue weighted by Crippen LogP contribution is 2.30. The van der Waals surface area contributed by atoms with E-state index in [0.717, 1.165) is 0 Å². The number of benzene rings is 2. The molecule has 0 aliphatic rings. The maximum absolute atomic E-state index is 11.2. The number of rotatable bonds is 2. The molecule has 0 bridgehead atoms. The van der Waals surface area contributed by atoms with Gasteiger partial charge in [0.05, 0.1) is 11.1 Å². The Morgan fingerprint density at radius 3 is 2.12 bits per heavy atom. The number of carboxylic acid groups (broad SMARTS) is 2. The predicted molar refractivity (Wildman–Crippen MR) is 65.6 cm³/mol. The standard InChI is InChI=1S/C12H7BrO4/c13-9-5-8(11(14)15)10(12(16)17)7-4-2-1-3-6(7)9/h1-5H,(H,14,15)(H,16,17). The van der Waals surface area contributed by atoms with Crippen molar-refractivity contribution in [2.45, 2.75) is 0 Å². The van der Waals surface area contributed by atoms with E-state index in [-0.39, 0.29) is 11.1 Å². The summed E-state index contributed by atoms with van der Waals surface area (Å²) in [5.41, 5.74) is -0.403. The van der Waals surface area contributed by atoms with Gasteiger partial charge in [0.1, 0.15) is 0 Å². The fraction of sp³-hybridized carbons (Fsp3) is 0. The highest BCUT2D eigenvalue weighted by Gasteiger charge is 2.20. The van der Waals surface area contributed by atoms with Crippen LogP contribution in [0.2, 0.25) is 0 Å². The third-order valence-electron chi connectivity index (χ3n) is 2.44. The summed E-state index contributed by atoms with van der Waals surface area (Å²) in [6.45, 7) is 0. The number of carbonyl (C=O) groups is 2. The molecule has 4 nitrogen and oxygen atoms in total. The summed E-state index contributed by atoms with van der Waals surface area (Å²) >= 11 is 3.24. The number of aromatic carboxylic acids is 2. The zero-order valence-corrected chi connectivity index (χ0v) is 10.1. The van der Waals surface area contributed by atoms with Crippen LogP contribution in [0.15, 0.2) is 34.8 Å². The van der Waals surface area contributed by atoms with Crippen molar-refractivity contribution in [2.24, 2.45) is 0 Å². The van der Waals surface area contributed by atoms with Crippen LogP contribution in [0.5, 0.6) is 0 Å². The smallest absolute Gasteiger partial charge is 0.337 e. The molecule has 0 aliphatic carbocycles. The molecule has 0 heterocycles. The molecule has 0 saturated carbocycles. The van der Waals surface area contributed by atoms with Crippen LogP contribution >= 0.6 is 15.9 Å². The van der Waals surface area contributed by atoms with E-state index in [1.807, 2.05) is 0 Å². The lowest BCUT2D eigenvalue weighted by molar-refractivity contribution is 0.0653. The van der Waals surface area contributed by atoms with Gasteiger partial charge < -0.3 is 10.2 Å². The lowest BCUT2D eigenvalue weighted by atomic mass is 9.99. The third kappa shape index (κ3) is 1.89. The number of halogens is 1. The molecule has 0 unspecified atom stereocenters. The van der Waals surface area contributed by atoms with Gasteiger partial charge in [0.25, 0.3) is 0 Å². The highest BCUT2D eigenvalue weighted by atomic mass is 79.9. The first-order chi connectivity index (χ1) is 8.02. The molecule has 2 N–H and O–H groups in total. The second kappa shape index (κ2) is 4.18. The Balaban J connectivity index is 2.98. The fourth-order valence-electron chi connectivity index (χ4n) is 1.73. The Labute approximate surface area is 105 Å². The van der Waals surface area contributed by atoms with Gasteiger partial charge in [-0.3, -0.25) is 0 Å². The Hall–Kier alpha value is -1.88. The lowest BCUT2D eigenvalue weighted by Crippen LogP contribution is -2.09. The number of carboxylic acids is 2. The molecule has 0 fully saturated rings. The average Bonchev–Trinajstić information content (AvgIpc) is 2.28. The molecule has 0 amide bonds. The first kappa shape index (κ1) is 11.6. The van der Waals surface area contributed by atoms with Gasteiger partial charge in [0, 0.05) is 4.47 Å². The van der Waals surface area contributed by atoms with Crippen LogP contribution in [-0.2, 0) is 0 Å². The summed E-state index contributed by atoms with van der Waals surface area (Å²) in [7, 11) is 0. The van der Waals surface area contributed by atoms with Gasteiger partial charge in [0.15, 0.2) is 0 Å². The summed E-state index contributed by atoms with van der Waals surface area (Å²) in [4.78, 5) is 22.2. The summed E-state index contributed by atoms with van der Waals surface area (Å²) in [5.74, 6) is -2.50. The number of fused-ring (bicyclic) bond motifs is 1. The molecule has 0 saturated heterocycles. The van der Waals surface area contributed by atoms with Crippen molar-refractivity contribution in [1.29, 1.82) is 0 Å². The van der Waals surface area contributed by atoms with Gasteiger partial charge in [-0.15, -0.1) is 0 Å². The van der Waals surface area contributed by atoms with E-state index in [1.165, 1.54) is 6.07 Å². The zero-order valence-electron chi connectivity index (χ0n) is 8.48. The molecule has 0 aromatic heterocycles. The van der Waals surface area contributed by atoms with Crippen molar-refractivity contribution in [2.75, 3.05) is 0 Å². The van der Waals surface area contributed by atoms with Crippen LogP contribution in [0.4, 0.5) is 0 Å². The van der Waals surface area contributed by atoms with Crippen molar-refractivity contribution in [1.82, 2.24) is 0 Å². The van der Waals surface area contributed by atoms with E-state index in [2.05, 4.69) is 15.9 Å². The molecule has 0 aliphatic heterocycles. The molecular formula is C12H7BrO4. The van der Waals surface area contributed by atoms with E-state index in [4.69, 9.17) is 10.2 Å². The summed E-state index contributed by atoms with van der Waals surface area (Å²) in [6, 6.07) is 8.08. The van der Waals surface area contributed by atoms with Crippen LogP contribution in [0.3, 0.4) is 0 Å². The SMILES string of the molecule is O=C(O)c1cc(Br)c2ccccc2c1C(=O)O. The topological polar surface area (TPSA) is 74.6 Å².